The second kappa shape index (κ2) is 10.5. The van der Waals surface area contributed by atoms with Crippen molar-refractivity contribution in [3.8, 4) is 12.1 Å². The van der Waals surface area contributed by atoms with Crippen LogP contribution in [-0.2, 0) is 5.54 Å². The highest BCUT2D eigenvalue weighted by atomic mass is 35.5. The Hall–Kier alpha value is -4.35. The predicted molar refractivity (Wildman–Crippen MR) is 154 cm³/mol. The molecule has 2 aromatic heterocycles. The minimum absolute atomic E-state index is 0.0865. The van der Waals surface area contributed by atoms with Gasteiger partial charge in [0.15, 0.2) is 0 Å². The normalized spacial score (nSPS) is 15.1. The molecule has 0 radical (unpaired) electrons. The van der Waals surface area contributed by atoms with E-state index in [9.17, 15) is 23.7 Å². The third-order valence-corrected chi connectivity index (χ3v) is 8.19. The maximum absolute atomic E-state index is 13.6. The molecule has 5 rings (SSSR count). The molecule has 1 aliphatic rings. The summed E-state index contributed by atoms with van der Waals surface area (Å²) in [7, 11) is 0. The van der Waals surface area contributed by atoms with Crippen LogP contribution in [0.3, 0.4) is 0 Å². The number of aromatic nitrogens is 4. The van der Waals surface area contributed by atoms with Crippen LogP contribution < -0.4 is 10.6 Å². The van der Waals surface area contributed by atoms with E-state index in [4.69, 9.17) is 11.6 Å². The van der Waals surface area contributed by atoms with Gasteiger partial charge in [-0.1, -0.05) is 28.9 Å². The second-order valence-corrected chi connectivity index (χ2v) is 12.0. The molecule has 2 heterocycles. The number of halogens is 4. The second-order valence-electron chi connectivity index (χ2n) is 11.5. The van der Waals surface area contributed by atoms with Crippen molar-refractivity contribution in [2.75, 3.05) is 17.2 Å². The molecule has 4 aromatic rings. The summed E-state index contributed by atoms with van der Waals surface area (Å²) in [6.45, 7) is 5.67. The van der Waals surface area contributed by atoms with Gasteiger partial charge < -0.3 is 10.6 Å². The molecule has 12 heteroatoms. The van der Waals surface area contributed by atoms with Gasteiger partial charge in [-0.15, -0.1) is 5.10 Å². The average molecular weight is 593 g/mol. The van der Waals surface area contributed by atoms with Crippen LogP contribution in [0, 0.1) is 35.0 Å². The van der Waals surface area contributed by atoms with Crippen molar-refractivity contribution in [3.05, 3.63) is 75.7 Å². The molecule has 1 aliphatic carbocycles. The zero-order valence-corrected chi connectivity index (χ0v) is 24.2. The van der Waals surface area contributed by atoms with Crippen molar-refractivity contribution in [1.82, 2.24) is 20.0 Å². The summed E-state index contributed by atoms with van der Waals surface area (Å²) in [5.74, 6) is 0. The molecule has 2 N–H and O–H groups in total. The minimum atomic E-state index is -4.46. The maximum atomic E-state index is 13.6. The van der Waals surface area contributed by atoms with Crippen molar-refractivity contribution >= 4 is 33.9 Å². The first-order valence-electron chi connectivity index (χ1n) is 13.3. The van der Waals surface area contributed by atoms with Crippen molar-refractivity contribution in [2.45, 2.75) is 58.3 Å². The van der Waals surface area contributed by atoms with Crippen LogP contribution in [0.4, 0.5) is 24.5 Å². The molecule has 0 bridgehead atoms. The van der Waals surface area contributed by atoms with E-state index in [1.807, 2.05) is 29.9 Å². The van der Waals surface area contributed by atoms with E-state index in [1.165, 1.54) is 6.20 Å². The maximum Gasteiger partial charge on any atom is 0.395 e. The first-order chi connectivity index (χ1) is 19.8. The van der Waals surface area contributed by atoms with Crippen LogP contribution in [0.25, 0.3) is 10.9 Å². The lowest BCUT2D eigenvalue weighted by Gasteiger charge is -2.29. The van der Waals surface area contributed by atoms with E-state index in [0.717, 1.165) is 37.8 Å². The first kappa shape index (κ1) is 29.2. The molecule has 2 aromatic carbocycles. The number of pyridine rings is 1. The fourth-order valence-electron chi connectivity index (χ4n) is 4.70. The van der Waals surface area contributed by atoms with Gasteiger partial charge in [0.25, 0.3) is 0 Å². The molecule has 0 amide bonds. The number of fused-ring (bicyclic) bond motifs is 1. The molecule has 1 fully saturated rings. The summed E-state index contributed by atoms with van der Waals surface area (Å²) in [5.41, 5.74) is 1.66. The molecule has 1 atom stereocenters. The van der Waals surface area contributed by atoms with Crippen LogP contribution in [0.15, 0.2) is 42.7 Å². The van der Waals surface area contributed by atoms with Crippen molar-refractivity contribution < 1.29 is 13.2 Å². The average Bonchev–Trinajstić information content (AvgIpc) is 3.48. The Balaban J connectivity index is 1.63. The van der Waals surface area contributed by atoms with E-state index < -0.39 is 24.2 Å². The highest BCUT2D eigenvalue weighted by molar-refractivity contribution is 6.32. The predicted octanol–water partition coefficient (Wildman–Crippen LogP) is 7.24. The van der Waals surface area contributed by atoms with Gasteiger partial charge in [0, 0.05) is 23.2 Å². The summed E-state index contributed by atoms with van der Waals surface area (Å²) < 4.78 is 42.7. The van der Waals surface area contributed by atoms with Crippen molar-refractivity contribution in [2.24, 2.45) is 5.41 Å². The minimum Gasteiger partial charge on any atom is -0.382 e. The highest BCUT2D eigenvalue weighted by Gasteiger charge is 2.47. The Morgan fingerprint density at radius 1 is 1.14 bits per heavy atom. The zero-order chi connectivity index (χ0) is 30.4. The van der Waals surface area contributed by atoms with Crippen LogP contribution in [0.5, 0.6) is 0 Å². The van der Waals surface area contributed by atoms with Gasteiger partial charge >= 0.3 is 6.18 Å². The summed E-state index contributed by atoms with van der Waals surface area (Å²) in [6, 6.07) is 12.3. The van der Waals surface area contributed by atoms with E-state index in [-0.39, 0.29) is 21.8 Å². The first-order valence-corrected chi connectivity index (χ1v) is 13.7. The SMILES string of the molecule is Cc1c(C#N)cccc1[C@H](Nc1cc(Cl)cc2c(NCC(C)(C)C(F)(F)F)c(C#N)cnc12)c1cn(C2(C)CC2)nn1. The Morgan fingerprint density at radius 2 is 1.86 bits per heavy atom. The summed E-state index contributed by atoms with van der Waals surface area (Å²) in [6.07, 6.45) is 0.718. The van der Waals surface area contributed by atoms with Gasteiger partial charge in [0.2, 0.25) is 0 Å². The number of nitrogens with one attached hydrogen (secondary N) is 2. The Kier molecular flexibility index (Phi) is 7.28. The number of anilines is 2. The van der Waals surface area contributed by atoms with Gasteiger partial charge in [-0.25, -0.2) is 4.68 Å². The molecule has 216 valence electrons. The third-order valence-electron chi connectivity index (χ3n) is 7.97. The number of nitrogens with zero attached hydrogens (tertiary/aromatic N) is 6. The number of nitriles is 2. The number of alkyl halides is 3. The molecule has 0 saturated heterocycles. The Labute approximate surface area is 246 Å². The lowest BCUT2D eigenvalue weighted by molar-refractivity contribution is -0.206. The van der Waals surface area contributed by atoms with Crippen molar-refractivity contribution in [3.63, 3.8) is 0 Å². The Morgan fingerprint density at radius 3 is 2.50 bits per heavy atom. The van der Waals surface area contributed by atoms with Gasteiger partial charge in [-0.3, -0.25) is 4.98 Å². The summed E-state index contributed by atoms with van der Waals surface area (Å²) in [5, 5.41) is 35.3. The zero-order valence-electron chi connectivity index (χ0n) is 23.4. The molecule has 0 spiro atoms. The molecule has 8 nitrogen and oxygen atoms in total. The van der Waals surface area contributed by atoms with Crippen LogP contribution >= 0.6 is 11.6 Å². The van der Waals surface area contributed by atoms with E-state index in [2.05, 4.69) is 38.9 Å². The number of rotatable bonds is 8. The lowest BCUT2D eigenvalue weighted by Crippen LogP contribution is -2.38. The smallest absolute Gasteiger partial charge is 0.382 e. The van der Waals surface area contributed by atoms with Gasteiger partial charge in [0.1, 0.15) is 11.8 Å². The quantitative estimate of drug-likeness (QED) is 0.221. The van der Waals surface area contributed by atoms with Gasteiger partial charge in [-0.2, -0.15) is 23.7 Å². The molecular formula is C30H28ClF3N8. The molecule has 0 aliphatic heterocycles. The van der Waals surface area contributed by atoms with E-state index in [1.54, 1.807) is 24.3 Å². The standard InChI is InChI=1S/C30H28ClF3N8/c1-17-18(12-35)6-5-7-21(17)27(24-15-42(41-40-24)29(4)8-9-29)39-23-11-20(31)10-22-25(19(13-36)14-37-26(22)23)38-16-28(2,3)30(32,33)34/h5-7,10-11,14-15,27,39H,8-9,16H2,1-4H3,(H,37,38)/t27-/m0/s1. The van der Waals surface area contributed by atoms with Crippen LogP contribution in [-0.4, -0.2) is 32.7 Å². The molecule has 42 heavy (non-hydrogen) atoms. The van der Waals surface area contributed by atoms with E-state index >= 15 is 0 Å². The fourth-order valence-corrected chi connectivity index (χ4v) is 4.92. The fraction of sp³-hybridized carbons (Fsp3) is 0.367. The topological polar surface area (TPSA) is 115 Å². The molecular weight excluding hydrogens is 565 g/mol. The summed E-state index contributed by atoms with van der Waals surface area (Å²) >= 11 is 6.55. The Bertz CT molecular complexity index is 1760. The van der Waals surface area contributed by atoms with Crippen LogP contribution in [0.1, 0.15) is 67.6 Å². The summed E-state index contributed by atoms with van der Waals surface area (Å²) in [4.78, 5) is 4.50. The third kappa shape index (κ3) is 5.33. The number of hydrogen-bond donors (Lipinski definition) is 2. The molecule has 0 unspecified atom stereocenters. The number of hydrogen-bond acceptors (Lipinski definition) is 7. The van der Waals surface area contributed by atoms with Gasteiger partial charge in [0.05, 0.1) is 57.3 Å². The number of benzene rings is 2. The highest BCUT2D eigenvalue weighted by Crippen LogP contribution is 2.43. The van der Waals surface area contributed by atoms with E-state index in [0.29, 0.717) is 27.8 Å². The monoisotopic (exact) mass is 592 g/mol. The van der Waals surface area contributed by atoms with Gasteiger partial charge in [-0.05, 0) is 69.9 Å². The largest absolute Gasteiger partial charge is 0.395 e. The van der Waals surface area contributed by atoms with Crippen molar-refractivity contribution in [1.29, 1.82) is 10.5 Å². The van der Waals surface area contributed by atoms with Crippen LogP contribution in [0.2, 0.25) is 5.02 Å². The lowest BCUT2D eigenvalue weighted by atomic mass is 9.92. The molecule has 1 saturated carbocycles.